The van der Waals surface area contributed by atoms with Crippen molar-refractivity contribution in [3.05, 3.63) is 23.9 Å². The largest absolute Gasteiger partial charge is 0.477 e. The lowest BCUT2D eigenvalue weighted by atomic mass is 9.88. The maximum Gasteiger partial charge on any atom is 0.225 e. The molecule has 4 rings (SSSR count). The molecule has 2 aliphatic carbocycles. The summed E-state index contributed by atoms with van der Waals surface area (Å²) in [4.78, 5) is 24.0. The van der Waals surface area contributed by atoms with E-state index in [0.29, 0.717) is 24.2 Å². The zero-order valence-corrected chi connectivity index (χ0v) is 21.6. The number of ether oxygens (including phenoxy) is 1. The smallest absolute Gasteiger partial charge is 0.225 e. The molecule has 0 radical (unpaired) electrons. The molecule has 7 nitrogen and oxygen atoms in total. The summed E-state index contributed by atoms with van der Waals surface area (Å²) in [7, 11) is 0. The summed E-state index contributed by atoms with van der Waals surface area (Å²) in [6.07, 6.45) is 11.1. The van der Waals surface area contributed by atoms with Crippen molar-refractivity contribution in [2.24, 2.45) is 16.8 Å². The lowest BCUT2D eigenvalue weighted by Crippen LogP contribution is -2.45. The normalized spacial score (nSPS) is 21.7. The van der Waals surface area contributed by atoms with Gasteiger partial charge in [-0.05, 0) is 56.6 Å². The standard InChI is InChI=1S/C24H37N5O2.HI/c1-2-25-24(27-15-19-10-12-26-22(14-19)31-17-18-8-9-18)28-21-11-13-29(16-21)23(30)20-6-4-3-5-7-20;/h10,12,14,18,20-21H,2-9,11,13,15-17H2,1H3,(H2,25,27,28);1H. The van der Waals surface area contributed by atoms with Crippen LogP contribution < -0.4 is 15.4 Å². The molecule has 8 heteroatoms. The summed E-state index contributed by atoms with van der Waals surface area (Å²) in [5.41, 5.74) is 1.08. The number of likely N-dealkylation sites (tertiary alicyclic amines) is 1. The van der Waals surface area contributed by atoms with Crippen molar-refractivity contribution >= 4 is 35.8 Å². The Labute approximate surface area is 209 Å². The van der Waals surface area contributed by atoms with Crippen LogP contribution in [-0.4, -0.2) is 54.0 Å². The van der Waals surface area contributed by atoms with Crippen LogP contribution in [0.5, 0.6) is 5.88 Å². The van der Waals surface area contributed by atoms with E-state index in [1.54, 1.807) is 6.20 Å². The summed E-state index contributed by atoms with van der Waals surface area (Å²) >= 11 is 0. The molecule has 0 aromatic carbocycles. The van der Waals surface area contributed by atoms with E-state index in [4.69, 9.17) is 9.73 Å². The number of hydrogen-bond donors (Lipinski definition) is 2. The van der Waals surface area contributed by atoms with Gasteiger partial charge in [0.15, 0.2) is 5.96 Å². The summed E-state index contributed by atoms with van der Waals surface area (Å²) in [5.74, 6) is 2.81. The first-order valence-corrected chi connectivity index (χ1v) is 12.1. The van der Waals surface area contributed by atoms with Gasteiger partial charge in [0.2, 0.25) is 11.8 Å². The average Bonchev–Trinajstić information content (AvgIpc) is 3.53. The van der Waals surface area contributed by atoms with Crippen molar-refractivity contribution in [1.82, 2.24) is 20.5 Å². The maximum absolute atomic E-state index is 12.8. The lowest BCUT2D eigenvalue weighted by molar-refractivity contribution is -0.135. The molecule has 1 amide bonds. The molecule has 1 aromatic heterocycles. The van der Waals surface area contributed by atoms with Gasteiger partial charge in [-0.1, -0.05) is 19.3 Å². The minimum absolute atomic E-state index is 0. The monoisotopic (exact) mass is 555 g/mol. The zero-order chi connectivity index (χ0) is 21.5. The number of carbonyl (C=O) groups is 1. The molecular formula is C24H38IN5O2. The van der Waals surface area contributed by atoms with Crippen molar-refractivity contribution in [2.75, 3.05) is 26.2 Å². The number of rotatable bonds is 8. The molecule has 2 saturated carbocycles. The molecule has 0 spiro atoms. The summed E-state index contributed by atoms with van der Waals surface area (Å²) in [5, 5.41) is 6.87. The molecule has 32 heavy (non-hydrogen) atoms. The van der Waals surface area contributed by atoms with Crippen molar-refractivity contribution in [3.8, 4) is 5.88 Å². The highest BCUT2D eigenvalue weighted by molar-refractivity contribution is 14.0. The van der Waals surface area contributed by atoms with E-state index < -0.39 is 0 Å². The second kappa shape index (κ2) is 12.6. The minimum Gasteiger partial charge on any atom is -0.477 e. The van der Waals surface area contributed by atoms with Gasteiger partial charge in [0.1, 0.15) is 0 Å². The number of halogens is 1. The Morgan fingerprint density at radius 2 is 2.03 bits per heavy atom. The van der Waals surface area contributed by atoms with Crippen molar-refractivity contribution in [3.63, 3.8) is 0 Å². The van der Waals surface area contributed by atoms with Gasteiger partial charge in [0.25, 0.3) is 0 Å². The maximum atomic E-state index is 12.8. The van der Waals surface area contributed by atoms with Crippen LogP contribution in [0, 0.1) is 11.8 Å². The van der Waals surface area contributed by atoms with Crippen molar-refractivity contribution in [1.29, 1.82) is 0 Å². The summed E-state index contributed by atoms with van der Waals surface area (Å²) < 4.78 is 5.79. The van der Waals surface area contributed by atoms with E-state index in [9.17, 15) is 4.79 Å². The second-order valence-electron chi connectivity index (χ2n) is 9.20. The predicted molar refractivity (Wildman–Crippen MR) is 137 cm³/mol. The van der Waals surface area contributed by atoms with E-state index >= 15 is 0 Å². The fraction of sp³-hybridized carbons (Fsp3) is 0.708. The Kier molecular flexibility index (Phi) is 9.87. The van der Waals surface area contributed by atoms with E-state index in [0.717, 1.165) is 57.0 Å². The molecule has 178 valence electrons. The summed E-state index contributed by atoms with van der Waals surface area (Å²) in [6, 6.07) is 4.22. The molecular weight excluding hydrogens is 517 g/mol. The molecule has 1 saturated heterocycles. The molecule has 1 unspecified atom stereocenters. The van der Waals surface area contributed by atoms with Crippen LogP contribution >= 0.6 is 24.0 Å². The van der Waals surface area contributed by atoms with Gasteiger partial charge >= 0.3 is 0 Å². The SMILES string of the molecule is CCNC(=NCc1ccnc(OCC2CC2)c1)NC1CCN(C(=O)C2CCCCC2)C1.I. The molecule has 1 aromatic rings. The van der Waals surface area contributed by atoms with Crippen molar-refractivity contribution < 1.29 is 9.53 Å². The fourth-order valence-electron chi connectivity index (χ4n) is 4.49. The third kappa shape index (κ3) is 7.49. The van der Waals surface area contributed by atoms with Crippen LogP contribution in [0.25, 0.3) is 0 Å². The summed E-state index contributed by atoms with van der Waals surface area (Å²) in [6.45, 7) is 5.82. The van der Waals surface area contributed by atoms with Crippen LogP contribution in [0.15, 0.2) is 23.3 Å². The minimum atomic E-state index is 0. The number of guanidine groups is 1. The van der Waals surface area contributed by atoms with Gasteiger partial charge < -0.3 is 20.3 Å². The lowest BCUT2D eigenvalue weighted by Gasteiger charge is -2.26. The van der Waals surface area contributed by atoms with E-state index in [1.165, 1.54) is 32.1 Å². The van der Waals surface area contributed by atoms with Crippen LogP contribution in [-0.2, 0) is 11.3 Å². The average molecular weight is 556 g/mol. The van der Waals surface area contributed by atoms with Crippen LogP contribution in [0.2, 0.25) is 0 Å². The van der Waals surface area contributed by atoms with Crippen LogP contribution in [0.4, 0.5) is 0 Å². The van der Waals surface area contributed by atoms with Crippen LogP contribution in [0.3, 0.4) is 0 Å². The Balaban J connectivity index is 0.00000289. The Morgan fingerprint density at radius 3 is 2.78 bits per heavy atom. The quantitative estimate of drug-likeness (QED) is 0.291. The Morgan fingerprint density at radius 1 is 1.22 bits per heavy atom. The first-order chi connectivity index (χ1) is 15.2. The first-order valence-electron chi connectivity index (χ1n) is 12.1. The van der Waals surface area contributed by atoms with Gasteiger partial charge in [-0.2, -0.15) is 0 Å². The number of nitrogens with zero attached hydrogens (tertiary/aromatic N) is 3. The number of nitrogens with one attached hydrogen (secondary N) is 2. The molecule has 3 aliphatic rings. The molecule has 0 bridgehead atoms. The van der Waals surface area contributed by atoms with Gasteiger partial charge in [-0.15, -0.1) is 24.0 Å². The number of aliphatic imine (C=N–C) groups is 1. The van der Waals surface area contributed by atoms with E-state index in [2.05, 4.69) is 27.4 Å². The van der Waals surface area contributed by atoms with Gasteiger partial charge in [0.05, 0.1) is 13.2 Å². The Bertz CT molecular complexity index is 765. The Hall–Kier alpha value is -1.58. The van der Waals surface area contributed by atoms with E-state index in [-0.39, 0.29) is 35.9 Å². The highest BCUT2D eigenvalue weighted by atomic mass is 127. The molecule has 2 N–H and O–H groups in total. The third-order valence-electron chi connectivity index (χ3n) is 6.52. The first kappa shape index (κ1) is 25.1. The molecule has 1 aliphatic heterocycles. The number of hydrogen-bond acceptors (Lipinski definition) is 4. The van der Waals surface area contributed by atoms with Crippen molar-refractivity contribution in [2.45, 2.75) is 70.9 Å². The topological polar surface area (TPSA) is 78.9 Å². The fourth-order valence-corrected chi connectivity index (χ4v) is 4.49. The number of pyridine rings is 1. The second-order valence-corrected chi connectivity index (χ2v) is 9.20. The van der Waals surface area contributed by atoms with Gasteiger partial charge in [0, 0.05) is 43.9 Å². The molecule has 3 fully saturated rings. The highest BCUT2D eigenvalue weighted by Gasteiger charge is 2.31. The number of carbonyl (C=O) groups excluding carboxylic acids is 1. The van der Waals surface area contributed by atoms with Crippen LogP contribution in [0.1, 0.15) is 63.9 Å². The van der Waals surface area contributed by atoms with Gasteiger partial charge in [-0.3, -0.25) is 4.79 Å². The molecule has 2 heterocycles. The predicted octanol–water partition coefficient (Wildman–Crippen LogP) is 3.72. The van der Waals surface area contributed by atoms with E-state index in [1.807, 2.05) is 12.1 Å². The molecule has 1 atom stereocenters. The third-order valence-corrected chi connectivity index (χ3v) is 6.52. The highest BCUT2D eigenvalue weighted by Crippen LogP contribution is 2.29. The van der Waals surface area contributed by atoms with Gasteiger partial charge in [-0.25, -0.2) is 9.98 Å². The number of aromatic nitrogens is 1. The zero-order valence-electron chi connectivity index (χ0n) is 19.2. The number of amides is 1.